The van der Waals surface area contributed by atoms with Crippen LogP contribution in [0.15, 0.2) is 12.1 Å². The van der Waals surface area contributed by atoms with Gasteiger partial charge >= 0.3 is 12.4 Å². The van der Waals surface area contributed by atoms with Crippen molar-refractivity contribution in [3.63, 3.8) is 0 Å². The number of nitrogens with one attached hydrogen (secondary N) is 1. The molecule has 0 aliphatic heterocycles. The first-order valence-corrected chi connectivity index (χ1v) is 4.68. The van der Waals surface area contributed by atoms with Crippen molar-refractivity contribution in [2.75, 3.05) is 12.4 Å². The zero-order valence-electron chi connectivity index (χ0n) is 9.32. The van der Waals surface area contributed by atoms with E-state index in [-0.39, 0.29) is 12.5 Å². The van der Waals surface area contributed by atoms with Crippen LogP contribution < -0.4 is 10.1 Å². The number of hydrogen-bond acceptors (Lipinski definition) is 2. The van der Waals surface area contributed by atoms with Crippen molar-refractivity contribution in [1.82, 2.24) is 0 Å². The molecule has 0 bridgehead atoms. The molecule has 0 saturated heterocycles. The fourth-order valence-electron chi connectivity index (χ4n) is 1.39. The predicted molar refractivity (Wildman–Crippen MR) is 52.7 cm³/mol. The van der Waals surface area contributed by atoms with Crippen LogP contribution in [0.25, 0.3) is 0 Å². The second-order valence-corrected chi connectivity index (χ2v) is 3.36. The molecule has 1 aromatic rings. The average molecular weight is 287 g/mol. The summed E-state index contributed by atoms with van der Waals surface area (Å²) in [5.74, 6) is -0.882. The van der Waals surface area contributed by atoms with Crippen LogP contribution in [0.1, 0.15) is 11.1 Å². The molecule has 0 aromatic heterocycles. The van der Waals surface area contributed by atoms with Gasteiger partial charge in [-0.15, -0.1) is 0 Å². The molecule has 19 heavy (non-hydrogen) atoms. The number of carbonyl (C=O) groups excluding carboxylic acids is 1. The van der Waals surface area contributed by atoms with Crippen LogP contribution in [0.5, 0.6) is 5.75 Å². The van der Waals surface area contributed by atoms with Gasteiger partial charge in [-0.2, -0.15) is 26.3 Å². The summed E-state index contributed by atoms with van der Waals surface area (Å²) in [5.41, 5.74) is -3.86. The summed E-state index contributed by atoms with van der Waals surface area (Å²) in [5, 5.41) is 1.75. The Hall–Kier alpha value is -1.93. The molecule has 0 unspecified atom stereocenters. The molecular weight excluding hydrogens is 280 g/mol. The van der Waals surface area contributed by atoms with Crippen molar-refractivity contribution in [3.8, 4) is 5.75 Å². The number of anilines is 1. The number of amides is 1. The van der Waals surface area contributed by atoms with Gasteiger partial charge in [0.1, 0.15) is 5.56 Å². The van der Waals surface area contributed by atoms with E-state index in [9.17, 15) is 31.1 Å². The fourth-order valence-corrected chi connectivity index (χ4v) is 1.39. The molecule has 0 aliphatic rings. The van der Waals surface area contributed by atoms with E-state index in [0.29, 0.717) is 6.07 Å². The lowest BCUT2D eigenvalue weighted by atomic mass is 10.1. The summed E-state index contributed by atoms with van der Waals surface area (Å²) in [7, 11) is 0.855. The maximum Gasteiger partial charge on any atom is 0.420 e. The highest BCUT2D eigenvalue weighted by Gasteiger charge is 2.40. The summed E-state index contributed by atoms with van der Waals surface area (Å²) < 4.78 is 79.9. The maximum absolute atomic E-state index is 12.7. The third-order valence-corrected chi connectivity index (χ3v) is 2.14. The Labute approximate surface area is 103 Å². The number of methoxy groups -OCH3 is 1. The molecule has 1 amide bonds. The molecule has 1 N–H and O–H groups in total. The molecule has 0 fully saturated rings. The largest absolute Gasteiger partial charge is 0.494 e. The van der Waals surface area contributed by atoms with Crippen molar-refractivity contribution in [1.29, 1.82) is 0 Å². The van der Waals surface area contributed by atoms with Crippen LogP contribution in [0.2, 0.25) is 0 Å². The quantitative estimate of drug-likeness (QED) is 0.684. The van der Waals surface area contributed by atoms with Crippen LogP contribution in [-0.4, -0.2) is 13.5 Å². The number of carbonyl (C=O) groups is 1. The average Bonchev–Trinajstić information content (AvgIpc) is 2.26. The monoisotopic (exact) mass is 287 g/mol. The van der Waals surface area contributed by atoms with Gasteiger partial charge in [0.15, 0.2) is 5.75 Å². The SMILES string of the molecule is COc1c(NC=O)cc(C(F)(F)F)cc1C(F)(F)F. The van der Waals surface area contributed by atoms with Gasteiger partial charge in [-0.05, 0) is 12.1 Å². The normalized spacial score (nSPS) is 12.2. The van der Waals surface area contributed by atoms with E-state index in [1.165, 1.54) is 0 Å². The lowest BCUT2D eigenvalue weighted by Gasteiger charge is -2.18. The minimum atomic E-state index is -5.05. The van der Waals surface area contributed by atoms with Crippen LogP contribution in [-0.2, 0) is 17.1 Å². The highest BCUT2D eigenvalue weighted by atomic mass is 19.4. The van der Waals surface area contributed by atoms with E-state index in [1.54, 1.807) is 5.32 Å². The number of hydrogen-bond donors (Lipinski definition) is 1. The molecule has 1 rings (SSSR count). The third kappa shape index (κ3) is 3.30. The van der Waals surface area contributed by atoms with Crippen molar-refractivity contribution in [3.05, 3.63) is 23.3 Å². The number of ether oxygens (including phenoxy) is 1. The maximum atomic E-state index is 12.7. The van der Waals surface area contributed by atoms with E-state index in [0.717, 1.165) is 7.11 Å². The van der Waals surface area contributed by atoms with Gasteiger partial charge < -0.3 is 10.1 Å². The van der Waals surface area contributed by atoms with Gasteiger partial charge in [0.2, 0.25) is 6.41 Å². The van der Waals surface area contributed by atoms with Gasteiger partial charge in [0, 0.05) is 0 Å². The first kappa shape index (κ1) is 15.1. The van der Waals surface area contributed by atoms with Gasteiger partial charge in [-0.3, -0.25) is 4.79 Å². The molecule has 0 atom stereocenters. The van der Waals surface area contributed by atoms with E-state index >= 15 is 0 Å². The first-order valence-electron chi connectivity index (χ1n) is 4.68. The summed E-state index contributed by atoms with van der Waals surface area (Å²) in [6.07, 6.45) is -10.1. The van der Waals surface area contributed by atoms with Crippen LogP contribution in [0, 0.1) is 0 Å². The second-order valence-electron chi connectivity index (χ2n) is 3.36. The molecule has 0 heterocycles. The molecule has 3 nitrogen and oxygen atoms in total. The molecule has 0 spiro atoms. The molecule has 0 saturated carbocycles. The third-order valence-electron chi connectivity index (χ3n) is 2.14. The minimum Gasteiger partial charge on any atom is -0.494 e. The number of alkyl halides is 6. The Morgan fingerprint density at radius 3 is 2.05 bits per heavy atom. The van der Waals surface area contributed by atoms with E-state index < -0.39 is 34.9 Å². The number of rotatable bonds is 3. The van der Waals surface area contributed by atoms with E-state index in [2.05, 4.69) is 4.74 Å². The molecule has 1 aromatic carbocycles. The Kier molecular flexibility index (Phi) is 3.97. The number of halogens is 6. The summed E-state index contributed by atoms with van der Waals surface area (Å²) in [4.78, 5) is 10.2. The van der Waals surface area contributed by atoms with Crippen LogP contribution in [0.4, 0.5) is 32.0 Å². The van der Waals surface area contributed by atoms with E-state index in [4.69, 9.17) is 0 Å². The Bertz CT molecular complexity index is 480. The Balaban J connectivity index is 3.59. The highest BCUT2D eigenvalue weighted by molar-refractivity contribution is 5.77. The molecule has 0 radical (unpaired) electrons. The topological polar surface area (TPSA) is 38.3 Å². The fraction of sp³-hybridized carbons (Fsp3) is 0.300. The van der Waals surface area contributed by atoms with E-state index in [1.807, 2.05) is 0 Å². The standard InChI is InChI=1S/C10H7F6NO2/c1-19-8-6(10(14,15)16)2-5(9(11,12)13)3-7(8)17-4-18/h2-4H,1H3,(H,17,18). The first-order chi connectivity index (χ1) is 8.61. The van der Waals surface area contributed by atoms with Gasteiger partial charge in [0.25, 0.3) is 0 Å². The molecule has 106 valence electrons. The Morgan fingerprint density at radius 1 is 1.11 bits per heavy atom. The van der Waals surface area contributed by atoms with Crippen LogP contribution in [0.3, 0.4) is 0 Å². The second kappa shape index (κ2) is 4.98. The Morgan fingerprint density at radius 2 is 1.68 bits per heavy atom. The zero-order chi connectivity index (χ0) is 14.8. The summed E-state index contributed by atoms with van der Waals surface area (Å²) >= 11 is 0. The predicted octanol–water partition coefficient (Wildman–Crippen LogP) is 3.30. The minimum absolute atomic E-state index is 0.0435. The lowest BCUT2D eigenvalue weighted by Crippen LogP contribution is -2.14. The van der Waals surface area contributed by atoms with Gasteiger partial charge in [0.05, 0.1) is 18.4 Å². The molecule has 0 aliphatic carbocycles. The molecular formula is C10H7F6NO2. The zero-order valence-corrected chi connectivity index (χ0v) is 9.32. The van der Waals surface area contributed by atoms with Crippen molar-refractivity contribution < 1.29 is 35.9 Å². The van der Waals surface area contributed by atoms with Crippen molar-refractivity contribution >= 4 is 12.1 Å². The highest BCUT2D eigenvalue weighted by Crippen LogP contribution is 2.44. The van der Waals surface area contributed by atoms with Gasteiger partial charge in [-0.25, -0.2) is 0 Å². The van der Waals surface area contributed by atoms with Crippen molar-refractivity contribution in [2.45, 2.75) is 12.4 Å². The van der Waals surface area contributed by atoms with Gasteiger partial charge in [-0.1, -0.05) is 0 Å². The van der Waals surface area contributed by atoms with Crippen molar-refractivity contribution in [2.24, 2.45) is 0 Å². The summed E-state index contributed by atoms with van der Waals surface area (Å²) in [6.45, 7) is 0. The number of benzene rings is 1. The lowest BCUT2D eigenvalue weighted by molar-refractivity contribution is -0.143. The summed E-state index contributed by atoms with van der Waals surface area (Å²) in [6, 6.07) is 0.289. The van der Waals surface area contributed by atoms with Crippen LogP contribution >= 0.6 is 0 Å². The molecule has 9 heteroatoms. The smallest absolute Gasteiger partial charge is 0.420 e.